The molecule has 0 aliphatic carbocycles. The fourth-order valence-corrected chi connectivity index (χ4v) is 1.38. The van der Waals surface area contributed by atoms with Crippen LogP contribution >= 0.6 is 11.6 Å². The second-order valence-electron chi connectivity index (χ2n) is 2.73. The third-order valence-corrected chi connectivity index (χ3v) is 2.19. The minimum atomic E-state index is -0.988. The second kappa shape index (κ2) is 4.46. The van der Waals surface area contributed by atoms with Gasteiger partial charge in [-0.2, -0.15) is 0 Å². The number of rotatable bonds is 3. The predicted octanol–water partition coefficient (Wildman–Crippen LogP) is 1.33. The molecule has 0 radical (unpaired) electrons. The van der Waals surface area contributed by atoms with E-state index >= 15 is 0 Å². The van der Waals surface area contributed by atoms with E-state index in [0.717, 1.165) is 6.07 Å². The molecule has 0 atom stereocenters. The quantitative estimate of drug-likeness (QED) is 0.773. The van der Waals surface area contributed by atoms with Crippen LogP contribution in [0.4, 0.5) is 4.39 Å². The largest absolute Gasteiger partial charge is 0.504 e. The molecule has 0 unspecified atom stereocenters. The van der Waals surface area contributed by atoms with Crippen LogP contribution in [0.15, 0.2) is 6.07 Å². The number of benzene rings is 1. The summed E-state index contributed by atoms with van der Waals surface area (Å²) in [5.74, 6) is -2.33. The molecule has 0 heterocycles. The van der Waals surface area contributed by atoms with E-state index < -0.39 is 17.3 Å². The lowest BCUT2D eigenvalue weighted by Crippen LogP contribution is -2.15. The Bertz CT molecular complexity index is 409. The maximum absolute atomic E-state index is 13.1. The molecule has 3 N–H and O–H groups in total. The van der Waals surface area contributed by atoms with E-state index in [1.165, 1.54) is 7.11 Å². The van der Waals surface area contributed by atoms with E-state index in [0.29, 0.717) is 0 Å². The van der Waals surface area contributed by atoms with Crippen molar-refractivity contribution >= 4 is 17.4 Å². The summed E-state index contributed by atoms with van der Waals surface area (Å²) in [6.07, 6.45) is 0. The van der Waals surface area contributed by atoms with Crippen LogP contribution in [0, 0.1) is 5.82 Å². The highest BCUT2D eigenvalue weighted by Gasteiger charge is 2.20. The number of phenolic OH excluding ortho intramolecular Hbond substituents is 1. The maximum atomic E-state index is 13.1. The highest BCUT2D eigenvalue weighted by Crippen LogP contribution is 2.38. The van der Waals surface area contributed by atoms with Crippen LogP contribution < -0.4 is 10.5 Å². The van der Waals surface area contributed by atoms with Crippen molar-refractivity contribution in [3.63, 3.8) is 0 Å². The van der Waals surface area contributed by atoms with Crippen LogP contribution in [0.1, 0.15) is 10.4 Å². The average molecular weight is 234 g/mol. The zero-order chi connectivity index (χ0) is 11.6. The van der Waals surface area contributed by atoms with Gasteiger partial charge in [-0.1, -0.05) is 11.6 Å². The highest BCUT2D eigenvalue weighted by atomic mass is 35.5. The summed E-state index contributed by atoms with van der Waals surface area (Å²) in [5.41, 5.74) is 5.05. The van der Waals surface area contributed by atoms with Crippen LogP contribution in [0.2, 0.25) is 5.02 Å². The number of nitrogens with two attached hydrogens (primary N) is 1. The van der Waals surface area contributed by atoms with Gasteiger partial charge in [0.25, 0.3) is 0 Å². The molecule has 0 bridgehead atoms. The Hall–Kier alpha value is -1.33. The van der Waals surface area contributed by atoms with Crippen molar-refractivity contribution < 1.29 is 19.0 Å². The molecule has 1 aromatic rings. The standard InChI is InChI=1S/C9H9ClFNO3/c1-15-9-4(6(13)3-12)2-5(11)8(14)7(9)10/h2,14H,3,12H2,1H3. The number of ketones is 1. The van der Waals surface area contributed by atoms with Gasteiger partial charge >= 0.3 is 0 Å². The van der Waals surface area contributed by atoms with Crippen molar-refractivity contribution in [3.8, 4) is 11.5 Å². The molecule has 0 saturated carbocycles. The van der Waals surface area contributed by atoms with Gasteiger partial charge in [0.2, 0.25) is 0 Å². The van der Waals surface area contributed by atoms with Gasteiger partial charge in [-0.25, -0.2) is 4.39 Å². The number of hydrogen-bond donors (Lipinski definition) is 2. The Labute approximate surface area is 90.4 Å². The number of ether oxygens (including phenoxy) is 1. The van der Waals surface area contributed by atoms with Gasteiger partial charge in [-0.3, -0.25) is 4.79 Å². The number of aromatic hydroxyl groups is 1. The van der Waals surface area contributed by atoms with Gasteiger partial charge in [0.05, 0.1) is 19.2 Å². The molecule has 4 nitrogen and oxygen atoms in total. The zero-order valence-corrected chi connectivity index (χ0v) is 8.64. The predicted molar refractivity (Wildman–Crippen MR) is 53.0 cm³/mol. The number of carbonyl (C=O) groups is 1. The molecule has 6 heteroatoms. The summed E-state index contributed by atoms with van der Waals surface area (Å²) in [6, 6.07) is 0.842. The molecular weight excluding hydrogens is 225 g/mol. The minimum absolute atomic E-state index is 0.0778. The van der Waals surface area contributed by atoms with Crippen LogP contribution in [-0.4, -0.2) is 24.5 Å². The molecule has 0 aliphatic rings. The number of Topliss-reactive ketones (excluding diaryl/α,β-unsaturated/α-hetero) is 1. The molecule has 1 rings (SSSR count). The Morgan fingerprint density at radius 2 is 2.33 bits per heavy atom. The van der Waals surface area contributed by atoms with E-state index in [2.05, 4.69) is 0 Å². The van der Waals surface area contributed by atoms with Gasteiger partial charge in [-0.15, -0.1) is 0 Å². The molecule has 0 spiro atoms. The zero-order valence-electron chi connectivity index (χ0n) is 7.88. The third kappa shape index (κ3) is 2.03. The average Bonchev–Trinajstić information content (AvgIpc) is 2.24. The SMILES string of the molecule is COc1c(C(=O)CN)cc(F)c(O)c1Cl. The minimum Gasteiger partial charge on any atom is -0.504 e. The summed E-state index contributed by atoms with van der Waals surface area (Å²) in [7, 11) is 1.26. The summed E-state index contributed by atoms with van der Waals surface area (Å²) in [4.78, 5) is 11.3. The highest BCUT2D eigenvalue weighted by molar-refractivity contribution is 6.34. The number of phenols is 1. The van der Waals surface area contributed by atoms with E-state index in [-0.39, 0.29) is 22.9 Å². The van der Waals surface area contributed by atoms with Crippen LogP contribution in [0.5, 0.6) is 11.5 Å². The molecule has 1 aromatic carbocycles. The lowest BCUT2D eigenvalue weighted by Gasteiger charge is -2.10. The first-order valence-corrected chi connectivity index (χ1v) is 4.39. The molecule has 15 heavy (non-hydrogen) atoms. The number of hydrogen-bond acceptors (Lipinski definition) is 4. The molecule has 0 aliphatic heterocycles. The monoisotopic (exact) mass is 233 g/mol. The molecule has 0 saturated heterocycles. The summed E-state index contributed by atoms with van der Waals surface area (Å²) >= 11 is 5.60. The number of carbonyl (C=O) groups excluding carboxylic acids is 1. The molecule has 82 valence electrons. The first kappa shape index (κ1) is 11.7. The van der Waals surface area contributed by atoms with Gasteiger partial charge < -0.3 is 15.6 Å². The van der Waals surface area contributed by atoms with Crippen molar-refractivity contribution in [1.29, 1.82) is 0 Å². The molecular formula is C9H9ClFNO3. The van der Waals surface area contributed by atoms with E-state index in [4.69, 9.17) is 27.2 Å². The topological polar surface area (TPSA) is 72.5 Å². The first-order chi connectivity index (χ1) is 7.02. The lowest BCUT2D eigenvalue weighted by molar-refractivity contribution is 0.0998. The van der Waals surface area contributed by atoms with E-state index in [1.54, 1.807) is 0 Å². The van der Waals surface area contributed by atoms with E-state index in [1.807, 2.05) is 0 Å². The van der Waals surface area contributed by atoms with E-state index in [9.17, 15) is 9.18 Å². The Balaban J connectivity index is 3.45. The number of methoxy groups -OCH3 is 1. The third-order valence-electron chi connectivity index (χ3n) is 1.84. The van der Waals surface area contributed by atoms with Gasteiger partial charge in [0.15, 0.2) is 23.1 Å². The molecule has 0 aromatic heterocycles. The van der Waals surface area contributed by atoms with Crippen molar-refractivity contribution in [2.75, 3.05) is 13.7 Å². The first-order valence-electron chi connectivity index (χ1n) is 4.01. The number of halogens is 2. The fraction of sp³-hybridized carbons (Fsp3) is 0.222. The lowest BCUT2D eigenvalue weighted by atomic mass is 10.1. The van der Waals surface area contributed by atoms with Gasteiger partial charge in [0, 0.05) is 0 Å². The van der Waals surface area contributed by atoms with Crippen LogP contribution in [0.3, 0.4) is 0 Å². The Morgan fingerprint density at radius 1 is 1.73 bits per heavy atom. The fourth-order valence-electron chi connectivity index (χ4n) is 1.11. The Morgan fingerprint density at radius 3 is 2.80 bits per heavy atom. The second-order valence-corrected chi connectivity index (χ2v) is 3.11. The maximum Gasteiger partial charge on any atom is 0.180 e. The Kier molecular flexibility index (Phi) is 3.49. The smallest absolute Gasteiger partial charge is 0.180 e. The van der Waals surface area contributed by atoms with Gasteiger partial charge in [0.1, 0.15) is 5.02 Å². The summed E-state index contributed by atoms with van der Waals surface area (Å²) < 4.78 is 17.9. The van der Waals surface area contributed by atoms with Crippen molar-refractivity contribution in [2.45, 2.75) is 0 Å². The van der Waals surface area contributed by atoms with Crippen LogP contribution in [-0.2, 0) is 0 Å². The normalized spacial score (nSPS) is 10.1. The summed E-state index contributed by atoms with van der Waals surface area (Å²) in [6.45, 7) is -0.295. The van der Waals surface area contributed by atoms with Crippen molar-refractivity contribution in [1.82, 2.24) is 0 Å². The van der Waals surface area contributed by atoms with Crippen molar-refractivity contribution in [3.05, 3.63) is 22.5 Å². The van der Waals surface area contributed by atoms with Crippen LogP contribution in [0.25, 0.3) is 0 Å². The molecule has 0 amide bonds. The van der Waals surface area contributed by atoms with Gasteiger partial charge in [-0.05, 0) is 6.07 Å². The van der Waals surface area contributed by atoms with Crippen molar-refractivity contribution in [2.24, 2.45) is 5.73 Å². The summed E-state index contributed by atoms with van der Waals surface area (Å²) in [5, 5.41) is 8.83. The molecule has 0 fully saturated rings.